The Hall–Kier alpha value is -2.27. The van der Waals surface area contributed by atoms with Crippen molar-refractivity contribution in [2.75, 3.05) is 19.7 Å². The van der Waals surface area contributed by atoms with Gasteiger partial charge in [0.1, 0.15) is 5.75 Å². The Morgan fingerprint density at radius 2 is 2.07 bits per heavy atom. The first-order chi connectivity index (χ1) is 14.1. The number of thioether (sulfide) groups is 1. The van der Waals surface area contributed by atoms with Crippen molar-refractivity contribution < 1.29 is 9.53 Å². The maximum Gasteiger partial charge on any atom is 0.229 e. The normalized spacial score (nSPS) is 19.7. The van der Waals surface area contributed by atoms with Crippen molar-refractivity contribution in [2.24, 2.45) is 0 Å². The van der Waals surface area contributed by atoms with E-state index in [4.69, 9.17) is 4.74 Å². The Morgan fingerprint density at radius 1 is 1.28 bits per heavy atom. The van der Waals surface area contributed by atoms with Crippen LogP contribution in [-0.2, 0) is 11.3 Å². The number of hydrogen-bond acceptors (Lipinski definition) is 5. The quantitative estimate of drug-likeness (QED) is 0.650. The van der Waals surface area contributed by atoms with E-state index in [0.29, 0.717) is 18.0 Å². The molecule has 0 unspecified atom stereocenters. The van der Waals surface area contributed by atoms with Crippen LogP contribution in [0.2, 0.25) is 0 Å². The number of methoxy groups -OCH3 is 1. The second-order valence-electron chi connectivity index (χ2n) is 7.02. The zero-order valence-corrected chi connectivity index (χ0v) is 18.4. The van der Waals surface area contributed by atoms with E-state index in [2.05, 4.69) is 39.0 Å². The zero-order chi connectivity index (χ0) is 20.4. The molecule has 0 aliphatic carbocycles. The van der Waals surface area contributed by atoms with Crippen molar-refractivity contribution in [2.45, 2.75) is 18.9 Å². The molecule has 2 heterocycles. The number of nitriles is 1. The van der Waals surface area contributed by atoms with Crippen molar-refractivity contribution in [3.8, 4) is 11.8 Å². The van der Waals surface area contributed by atoms with Crippen molar-refractivity contribution in [1.82, 2.24) is 9.80 Å². The smallest absolute Gasteiger partial charge is 0.229 e. The van der Waals surface area contributed by atoms with Crippen LogP contribution in [0.3, 0.4) is 0 Å². The van der Waals surface area contributed by atoms with Gasteiger partial charge in [-0.25, -0.2) is 0 Å². The third-order valence-electron chi connectivity index (χ3n) is 5.17. The number of amides is 1. The van der Waals surface area contributed by atoms with Gasteiger partial charge < -0.3 is 4.74 Å². The van der Waals surface area contributed by atoms with E-state index in [9.17, 15) is 10.1 Å². The van der Waals surface area contributed by atoms with Gasteiger partial charge in [-0.2, -0.15) is 5.26 Å². The molecular formula is C22H20BrN3O2S. The van der Waals surface area contributed by atoms with E-state index in [0.717, 1.165) is 27.5 Å². The summed E-state index contributed by atoms with van der Waals surface area (Å²) in [6.45, 7) is 1.28. The lowest BCUT2D eigenvalue weighted by Crippen LogP contribution is -2.46. The molecule has 5 nitrogen and oxygen atoms in total. The van der Waals surface area contributed by atoms with E-state index in [-0.39, 0.29) is 18.2 Å². The number of ether oxygens (including phenoxy) is 1. The second kappa shape index (κ2) is 8.62. The number of nitrogens with zero attached hydrogens (tertiary/aromatic N) is 3. The van der Waals surface area contributed by atoms with Crippen molar-refractivity contribution in [3.63, 3.8) is 0 Å². The third kappa shape index (κ3) is 4.06. The Morgan fingerprint density at radius 3 is 2.79 bits per heavy atom. The fourth-order valence-corrected chi connectivity index (χ4v) is 5.31. The maximum atomic E-state index is 13.0. The minimum Gasteiger partial charge on any atom is -0.496 e. The Bertz CT molecular complexity index is 1000. The van der Waals surface area contributed by atoms with Gasteiger partial charge in [0.2, 0.25) is 5.91 Å². The fraction of sp³-hybridized carbons (Fsp3) is 0.273. The number of allylic oxidation sites excluding steroid dienone is 1. The average molecular weight is 470 g/mol. The molecule has 2 aliphatic rings. The molecule has 29 heavy (non-hydrogen) atoms. The molecule has 1 atom stereocenters. The molecule has 0 radical (unpaired) electrons. The molecule has 0 spiro atoms. The highest BCUT2D eigenvalue weighted by molar-refractivity contribution is 9.10. The first-order valence-corrected chi connectivity index (χ1v) is 11.1. The van der Waals surface area contributed by atoms with E-state index in [1.807, 2.05) is 36.4 Å². The van der Waals surface area contributed by atoms with Gasteiger partial charge >= 0.3 is 0 Å². The Balaban J connectivity index is 1.64. The zero-order valence-electron chi connectivity index (χ0n) is 16.0. The minimum absolute atomic E-state index is 0.0382. The lowest BCUT2D eigenvalue weighted by molar-refractivity contribution is -0.131. The monoisotopic (exact) mass is 469 g/mol. The molecule has 1 fully saturated rings. The van der Waals surface area contributed by atoms with Crippen molar-refractivity contribution >= 4 is 33.6 Å². The molecule has 2 aromatic carbocycles. The van der Waals surface area contributed by atoms with Gasteiger partial charge in [0.15, 0.2) is 0 Å². The van der Waals surface area contributed by atoms with E-state index in [1.54, 1.807) is 23.8 Å². The molecule has 148 valence electrons. The van der Waals surface area contributed by atoms with Gasteiger partial charge in [-0.1, -0.05) is 58.0 Å². The SMILES string of the molecule is COc1ccc(Br)cc1[C@@H]1CC(=O)N2CN(Cc3ccccc3)CSC2=C1C#N. The maximum absolute atomic E-state index is 13.0. The number of carbonyl (C=O) groups is 1. The standard InChI is InChI=1S/C22H20BrN3O2S/c1-28-20-8-7-16(23)9-18(20)17-10-21(27)26-13-25(12-15-5-3-2-4-6-15)14-29-22(26)19(17)11-24/h2-9,17H,10,12-14H2,1H3/t17-/m0/s1. The van der Waals surface area contributed by atoms with Gasteiger partial charge in [0.05, 0.1) is 36.3 Å². The number of halogens is 1. The van der Waals surface area contributed by atoms with Crippen molar-refractivity contribution in [1.29, 1.82) is 5.26 Å². The summed E-state index contributed by atoms with van der Waals surface area (Å²) in [5, 5.41) is 10.7. The topological polar surface area (TPSA) is 56.6 Å². The summed E-state index contributed by atoms with van der Waals surface area (Å²) in [5.41, 5.74) is 2.72. The van der Waals surface area contributed by atoms with Gasteiger partial charge in [-0.3, -0.25) is 14.6 Å². The lowest BCUT2D eigenvalue weighted by atomic mass is 9.86. The highest BCUT2D eigenvalue weighted by atomic mass is 79.9. The molecule has 0 saturated carbocycles. The van der Waals surface area contributed by atoms with Crippen LogP contribution in [0.25, 0.3) is 0 Å². The van der Waals surface area contributed by atoms with Crippen LogP contribution in [0.15, 0.2) is 63.6 Å². The number of carbonyl (C=O) groups excluding carboxylic acids is 1. The first kappa shape index (κ1) is 20.0. The third-order valence-corrected chi connectivity index (χ3v) is 6.87. The summed E-state index contributed by atoms with van der Waals surface area (Å²) < 4.78 is 6.41. The van der Waals surface area contributed by atoms with Crippen molar-refractivity contribution in [3.05, 3.63) is 74.7 Å². The van der Waals surface area contributed by atoms with Gasteiger partial charge in [0.25, 0.3) is 0 Å². The summed E-state index contributed by atoms with van der Waals surface area (Å²) in [6, 6.07) is 18.3. The van der Waals surface area contributed by atoms with Crippen LogP contribution in [0.5, 0.6) is 5.75 Å². The van der Waals surface area contributed by atoms with Gasteiger partial charge in [-0.15, -0.1) is 0 Å². The molecule has 1 amide bonds. The molecule has 0 bridgehead atoms. The summed E-state index contributed by atoms with van der Waals surface area (Å²) >= 11 is 5.06. The summed E-state index contributed by atoms with van der Waals surface area (Å²) in [7, 11) is 1.61. The number of rotatable bonds is 4. The fourth-order valence-electron chi connectivity index (χ4n) is 3.79. The molecular weight excluding hydrogens is 450 g/mol. The molecule has 4 rings (SSSR count). The second-order valence-corrected chi connectivity index (χ2v) is 8.87. The van der Waals surface area contributed by atoms with Gasteiger partial charge in [-0.05, 0) is 23.8 Å². The molecule has 0 N–H and O–H groups in total. The molecule has 2 aromatic rings. The minimum atomic E-state index is -0.292. The molecule has 1 saturated heterocycles. The van der Waals surface area contributed by atoms with E-state index < -0.39 is 0 Å². The average Bonchev–Trinajstić information content (AvgIpc) is 2.74. The van der Waals surface area contributed by atoms with E-state index in [1.165, 1.54) is 5.56 Å². The Kier molecular flexibility index (Phi) is 5.95. The highest BCUT2D eigenvalue weighted by Gasteiger charge is 2.39. The van der Waals surface area contributed by atoms with Crippen LogP contribution in [0.4, 0.5) is 0 Å². The summed E-state index contributed by atoms with van der Waals surface area (Å²) in [4.78, 5) is 17.0. The number of hydrogen-bond donors (Lipinski definition) is 0. The van der Waals surface area contributed by atoms with Crippen LogP contribution in [0, 0.1) is 11.3 Å². The predicted molar refractivity (Wildman–Crippen MR) is 117 cm³/mol. The Labute approximate surface area is 183 Å². The lowest BCUT2D eigenvalue weighted by Gasteiger charge is -2.41. The molecule has 2 aliphatic heterocycles. The summed E-state index contributed by atoms with van der Waals surface area (Å²) in [6.07, 6.45) is 0.263. The van der Waals surface area contributed by atoms with Crippen LogP contribution >= 0.6 is 27.7 Å². The molecule has 7 heteroatoms. The van der Waals surface area contributed by atoms with Crippen LogP contribution < -0.4 is 4.74 Å². The first-order valence-electron chi connectivity index (χ1n) is 9.28. The largest absolute Gasteiger partial charge is 0.496 e. The van der Waals surface area contributed by atoms with Gasteiger partial charge in [0, 0.05) is 28.9 Å². The number of benzene rings is 2. The number of fused-ring (bicyclic) bond motifs is 1. The van der Waals surface area contributed by atoms with E-state index >= 15 is 0 Å². The predicted octanol–water partition coefficient (Wildman–Crippen LogP) is 4.67. The van der Waals surface area contributed by atoms with Crippen LogP contribution in [-0.4, -0.2) is 35.4 Å². The summed E-state index contributed by atoms with van der Waals surface area (Å²) in [5.74, 6) is 1.18. The van der Waals surface area contributed by atoms with Crippen LogP contribution in [0.1, 0.15) is 23.5 Å². The molecule has 0 aromatic heterocycles. The highest BCUT2D eigenvalue weighted by Crippen LogP contribution is 2.45.